The van der Waals surface area contributed by atoms with Crippen LogP contribution < -0.4 is 15.5 Å². The molecule has 0 spiro atoms. The third kappa shape index (κ3) is 3.39. The van der Waals surface area contributed by atoms with Gasteiger partial charge in [-0.2, -0.15) is 0 Å². The van der Waals surface area contributed by atoms with Crippen LogP contribution in [0.4, 0.5) is 0 Å². The maximum atomic E-state index is 11.3. The summed E-state index contributed by atoms with van der Waals surface area (Å²) in [6.07, 6.45) is 1.08. The minimum atomic E-state index is -0.431. The van der Waals surface area contributed by atoms with E-state index in [4.69, 9.17) is 14.3 Å². The molecule has 0 atom stereocenters. The van der Waals surface area contributed by atoms with Crippen LogP contribution in [0, 0.1) is 0 Å². The average molecular weight is 227 g/mol. The fraction of sp³-hybridized carbons (Fsp3) is 0.400. The Balaban J connectivity index is 2.61. The Morgan fingerprint density at radius 2 is 2.38 bits per heavy atom. The largest absolute Gasteiger partial charge is 0.477 e. The number of hydrogen-bond acceptors (Lipinski definition) is 5. The minimum absolute atomic E-state index is 0.0524. The van der Waals surface area contributed by atoms with E-state index >= 15 is 0 Å². The zero-order chi connectivity index (χ0) is 12.0. The van der Waals surface area contributed by atoms with Gasteiger partial charge in [0.2, 0.25) is 11.2 Å². The van der Waals surface area contributed by atoms with E-state index in [1.807, 2.05) is 0 Å². The lowest BCUT2D eigenvalue weighted by Crippen LogP contribution is -2.29. The molecule has 0 saturated carbocycles. The highest BCUT2D eigenvalue weighted by Crippen LogP contribution is 2.05. The Labute approximate surface area is 91.8 Å². The van der Waals surface area contributed by atoms with Gasteiger partial charge in [-0.1, -0.05) is 0 Å². The van der Waals surface area contributed by atoms with E-state index in [-0.39, 0.29) is 30.6 Å². The molecule has 0 aliphatic heterocycles. The zero-order valence-corrected chi connectivity index (χ0v) is 8.86. The number of rotatable bonds is 5. The van der Waals surface area contributed by atoms with Crippen molar-refractivity contribution >= 4 is 5.91 Å². The van der Waals surface area contributed by atoms with Gasteiger partial charge in [-0.05, 0) is 6.92 Å². The molecule has 0 fully saturated rings. The first kappa shape index (κ1) is 12.3. The maximum Gasteiger partial charge on any atom is 0.257 e. The molecule has 0 bridgehead atoms. The topological polar surface area (TPSA) is 88.8 Å². The first-order valence-electron chi connectivity index (χ1n) is 4.79. The minimum Gasteiger partial charge on any atom is -0.477 e. The summed E-state index contributed by atoms with van der Waals surface area (Å²) in [7, 11) is 0. The lowest BCUT2D eigenvalue weighted by molar-refractivity contribution is -0.123. The SMILES string of the molecule is CCNC(=O)COc1coc(CO)cc1=O. The van der Waals surface area contributed by atoms with Gasteiger partial charge in [-0.25, -0.2) is 0 Å². The predicted molar refractivity (Wildman–Crippen MR) is 55.1 cm³/mol. The number of hydrogen-bond donors (Lipinski definition) is 2. The number of nitrogens with one attached hydrogen (secondary N) is 1. The normalized spacial score (nSPS) is 9.88. The molecule has 1 amide bonds. The molecule has 1 heterocycles. The fourth-order valence-corrected chi connectivity index (χ4v) is 1.02. The van der Waals surface area contributed by atoms with Crippen molar-refractivity contribution in [3.05, 3.63) is 28.3 Å². The highest BCUT2D eigenvalue weighted by atomic mass is 16.5. The molecule has 6 nitrogen and oxygen atoms in total. The summed E-state index contributed by atoms with van der Waals surface area (Å²) in [5.41, 5.74) is -0.431. The summed E-state index contributed by atoms with van der Waals surface area (Å²) in [4.78, 5) is 22.4. The van der Waals surface area contributed by atoms with Gasteiger partial charge in [0.1, 0.15) is 18.6 Å². The Kier molecular flexibility index (Phi) is 4.53. The smallest absolute Gasteiger partial charge is 0.257 e. The highest BCUT2D eigenvalue weighted by molar-refractivity contribution is 5.77. The van der Waals surface area contributed by atoms with Gasteiger partial charge in [0.05, 0.1) is 0 Å². The second kappa shape index (κ2) is 5.92. The molecular formula is C10H13NO5. The number of carbonyl (C=O) groups excluding carboxylic acids is 1. The molecule has 0 unspecified atom stereocenters. The van der Waals surface area contributed by atoms with Crippen molar-refractivity contribution in [1.82, 2.24) is 5.32 Å². The number of likely N-dealkylation sites (N-methyl/N-ethyl adjacent to an activating group) is 1. The van der Waals surface area contributed by atoms with E-state index in [0.29, 0.717) is 6.54 Å². The van der Waals surface area contributed by atoms with Gasteiger partial charge in [0.15, 0.2) is 6.61 Å². The summed E-state index contributed by atoms with van der Waals surface area (Å²) >= 11 is 0. The molecule has 1 aromatic heterocycles. The summed E-state index contributed by atoms with van der Waals surface area (Å²) in [6.45, 7) is 1.69. The third-order valence-electron chi connectivity index (χ3n) is 1.74. The summed E-state index contributed by atoms with van der Waals surface area (Å²) in [5, 5.41) is 11.2. The maximum absolute atomic E-state index is 11.3. The molecule has 0 radical (unpaired) electrons. The molecule has 0 saturated heterocycles. The van der Waals surface area contributed by atoms with Crippen LogP contribution in [0.3, 0.4) is 0 Å². The van der Waals surface area contributed by atoms with Crippen LogP contribution in [0.15, 0.2) is 21.5 Å². The molecule has 0 aromatic carbocycles. The second-order valence-corrected chi connectivity index (χ2v) is 2.98. The Bertz CT molecular complexity index is 412. The van der Waals surface area contributed by atoms with Gasteiger partial charge >= 0.3 is 0 Å². The molecule has 1 aromatic rings. The van der Waals surface area contributed by atoms with Crippen LogP contribution in [0.5, 0.6) is 5.75 Å². The summed E-state index contributed by atoms with van der Waals surface area (Å²) in [5.74, 6) is -0.216. The van der Waals surface area contributed by atoms with Crippen molar-refractivity contribution in [1.29, 1.82) is 0 Å². The molecule has 6 heteroatoms. The first-order valence-corrected chi connectivity index (χ1v) is 4.79. The molecule has 16 heavy (non-hydrogen) atoms. The molecule has 2 N–H and O–H groups in total. The third-order valence-corrected chi connectivity index (χ3v) is 1.74. The van der Waals surface area contributed by atoms with Gasteiger partial charge in [0.25, 0.3) is 5.91 Å². The molecular weight excluding hydrogens is 214 g/mol. The van der Waals surface area contributed by atoms with Crippen LogP contribution in [0.2, 0.25) is 0 Å². The quantitative estimate of drug-likeness (QED) is 0.717. The molecule has 1 rings (SSSR count). The number of aliphatic hydroxyl groups is 1. The fourth-order valence-electron chi connectivity index (χ4n) is 1.02. The Morgan fingerprint density at radius 3 is 2.94 bits per heavy atom. The van der Waals surface area contributed by atoms with Gasteiger partial charge < -0.3 is 19.6 Å². The summed E-state index contributed by atoms with van der Waals surface area (Å²) in [6, 6.07) is 1.12. The highest BCUT2D eigenvalue weighted by Gasteiger charge is 2.06. The molecule has 88 valence electrons. The lowest BCUT2D eigenvalue weighted by atomic mass is 10.4. The van der Waals surface area contributed by atoms with Crippen LogP contribution >= 0.6 is 0 Å². The van der Waals surface area contributed by atoms with E-state index in [0.717, 1.165) is 12.3 Å². The first-order chi connectivity index (χ1) is 7.67. The molecule has 0 aliphatic carbocycles. The van der Waals surface area contributed by atoms with Crippen molar-refractivity contribution in [2.75, 3.05) is 13.2 Å². The number of carbonyl (C=O) groups is 1. The van der Waals surface area contributed by atoms with Gasteiger partial charge in [-0.15, -0.1) is 0 Å². The van der Waals surface area contributed by atoms with Crippen molar-refractivity contribution in [2.45, 2.75) is 13.5 Å². The Hall–Kier alpha value is -1.82. The van der Waals surface area contributed by atoms with Crippen molar-refractivity contribution < 1.29 is 19.1 Å². The van der Waals surface area contributed by atoms with Crippen molar-refractivity contribution in [3.8, 4) is 5.75 Å². The van der Waals surface area contributed by atoms with Crippen LogP contribution in [0.25, 0.3) is 0 Å². The number of aliphatic hydroxyl groups excluding tert-OH is 1. The number of ether oxygens (including phenoxy) is 1. The van der Waals surface area contributed by atoms with Crippen molar-refractivity contribution in [3.63, 3.8) is 0 Å². The summed E-state index contributed by atoms with van der Waals surface area (Å²) < 4.78 is 9.82. The van der Waals surface area contributed by atoms with Crippen LogP contribution in [-0.2, 0) is 11.4 Å². The Morgan fingerprint density at radius 1 is 1.62 bits per heavy atom. The van der Waals surface area contributed by atoms with Crippen LogP contribution in [0.1, 0.15) is 12.7 Å². The van der Waals surface area contributed by atoms with Crippen LogP contribution in [-0.4, -0.2) is 24.2 Å². The van der Waals surface area contributed by atoms with E-state index in [2.05, 4.69) is 5.32 Å². The second-order valence-electron chi connectivity index (χ2n) is 2.98. The van der Waals surface area contributed by atoms with Gasteiger partial charge in [-0.3, -0.25) is 9.59 Å². The van der Waals surface area contributed by atoms with Crippen molar-refractivity contribution in [2.24, 2.45) is 0 Å². The number of amides is 1. The van der Waals surface area contributed by atoms with E-state index in [1.54, 1.807) is 6.92 Å². The molecule has 0 aliphatic rings. The zero-order valence-electron chi connectivity index (χ0n) is 8.86. The lowest BCUT2D eigenvalue weighted by Gasteiger charge is -2.04. The monoisotopic (exact) mass is 227 g/mol. The standard InChI is InChI=1S/C10H13NO5/c1-2-11-10(14)6-16-9-5-15-7(4-12)3-8(9)13/h3,5,12H,2,4,6H2,1H3,(H,11,14). The van der Waals surface area contributed by atoms with E-state index in [9.17, 15) is 9.59 Å². The van der Waals surface area contributed by atoms with E-state index in [1.165, 1.54) is 0 Å². The average Bonchev–Trinajstić information content (AvgIpc) is 2.27. The van der Waals surface area contributed by atoms with Gasteiger partial charge in [0, 0.05) is 12.6 Å². The predicted octanol–water partition coefficient (Wildman–Crippen LogP) is -0.353. The van der Waals surface area contributed by atoms with E-state index < -0.39 is 5.43 Å².